The molecule has 0 heterocycles. The van der Waals surface area contributed by atoms with E-state index in [0.29, 0.717) is 16.2 Å². The number of allylic oxidation sites excluding steroid dienone is 2. The van der Waals surface area contributed by atoms with E-state index in [4.69, 9.17) is 11.6 Å². The van der Waals surface area contributed by atoms with Crippen LogP contribution < -0.4 is 0 Å². The second kappa shape index (κ2) is 8.08. The first kappa shape index (κ1) is 20.6. The van der Waals surface area contributed by atoms with Crippen LogP contribution in [0.2, 0.25) is 5.02 Å². The summed E-state index contributed by atoms with van der Waals surface area (Å²) in [6.45, 7) is 5.42. The molecule has 1 fully saturated rings. The van der Waals surface area contributed by atoms with Crippen LogP contribution in [0.15, 0.2) is 42.2 Å². The summed E-state index contributed by atoms with van der Waals surface area (Å²) >= 11 is 6.54. The normalized spacial score (nSPS) is 17.2. The Kier molecular flexibility index (Phi) is 5.95. The number of carbonyl (C=O) groups is 1. The summed E-state index contributed by atoms with van der Waals surface area (Å²) in [5, 5.41) is 11.6. The van der Waals surface area contributed by atoms with Gasteiger partial charge in [0, 0.05) is 16.0 Å². The average Bonchev–Trinajstić information content (AvgIpc) is 2.65. The molecule has 0 bridgehead atoms. The number of rotatable bonds is 4. The summed E-state index contributed by atoms with van der Waals surface area (Å²) in [6.07, 6.45) is 5.01. The fraction of sp³-hybridized carbons (Fsp3) is 0.375. The Morgan fingerprint density at radius 1 is 1.11 bits per heavy atom. The summed E-state index contributed by atoms with van der Waals surface area (Å²) in [6, 6.07) is 9.78. The maximum Gasteiger partial charge on any atom is 0.163 e. The van der Waals surface area contributed by atoms with Crippen molar-refractivity contribution in [2.24, 2.45) is 5.41 Å². The number of Topliss-reactive ketones (excluding diaryl/α,β-unsaturated/α-hetero) is 1. The molecule has 0 aromatic heterocycles. The second-order valence-electron chi connectivity index (χ2n) is 8.05. The van der Waals surface area contributed by atoms with E-state index in [0.717, 1.165) is 48.8 Å². The number of benzene rings is 2. The van der Waals surface area contributed by atoms with Crippen LogP contribution in [-0.2, 0) is 4.79 Å². The van der Waals surface area contributed by atoms with E-state index in [2.05, 4.69) is 0 Å². The van der Waals surface area contributed by atoms with Gasteiger partial charge in [-0.05, 0) is 67.6 Å². The number of hydrogen-bond donors (Lipinski definition) is 1. The molecule has 148 valence electrons. The van der Waals surface area contributed by atoms with E-state index in [1.165, 1.54) is 19.1 Å². The van der Waals surface area contributed by atoms with Gasteiger partial charge in [0.25, 0.3) is 0 Å². The van der Waals surface area contributed by atoms with Crippen molar-refractivity contribution in [1.29, 1.82) is 0 Å². The standard InChI is InChI=1S/C24H26ClFO2/c1-15-13-20(17-7-9-18(26)10-8-17)21(25)14-19(15)22(16(2)27)23(28)24(3)11-5-4-6-12-24/h7-10,13-14,28H,4-6,11-12H2,1-3H3/b23-22-. The summed E-state index contributed by atoms with van der Waals surface area (Å²) in [4.78, 5) is 12.5. The highest BCUT2D eigenvalue weighted by Crippen LogP contribution is 2.45. The summed E-state index contributed by atoms with van der Waals surface area (Å²) in [5.41, 5.74) is 3.06. The zero-order chi connectivity index (χ0) is 20.5. The van der Waals surface area contributed by atoms with Crippen molar-refractivity contribution in [1.82, 2.24) is 0 Å². The van der Waals surface area contributed by atoms with E-state index in [-0.39, 0.29) is 22.8 Å². The molecule has 28 heavy (non-hydrogen) atoms. The Morgan fingerprint density at radius 2 is 1.71 bits per heavy atom. The molecule has 1 saturated carbocycles. The summed E-state index contributed by atoms with van der Waals surface area (Å²) in [5.74, 6) is -0.299. The van der Waals surface area contributed by atoms with Gasteiger partial charge >= 0.3 is 0 Å². The van der Waals surface area contributed by atoms with Gasteiger partial charge in [-0.25, -0.2) is 4.39 Å². The van der Waals surface area contributed by atoms with Crippen molar-refractivity contribution in [3.05, 3.63) is 64.1 Å². The highest BCUT2D eigenvalue weighted by molar-refractivity contribution is 6.34. The summed E-state index contributed by atoms with van der Waals surface area (Å²) < 4.78 is 13.2. The van der Waals surface area contributed by atoms with E-state index >= 15 is 0 Å². The van der Waals surface area contributed by atoms with E-state index < -0.39 is 0 Å². The summed E-state index contributed by atoms with van der Waals surface area (Å²) in [7, 11) is 0. The topological polar surface area (TPSA) is 37.3 Å². The third kappa shape index (κ3) is 4.00. The van der Waals surface area contributed by atoms with Crippen molar-refractivity contribution in [2.75, 3.05) is 0 Å². The molecule has 0 saturated heterocycles. The molecule has 1 aliphatic carbocycles. The Hall–Kier alpha value is -2.13. The lowest BCUT2D eigenvalue weighted by Gasteiger charge is -2.34. The molecule has 2 aromatic carbocycles. The number of aryl methyl sites for hydroxylation is 1. The molecular formula is C24H26ClFO2. The number of aliphatic hydroxyl groups is 1. The van der Waals surface area contributed by atoms with Crippen LogP contribution in [0.3, 0.4) is 0 Å². The van der Waals surface area contributed by atoms with Crippen molar-refractivity contribution in [3.63, 3.8) is 0 Å². The molecule has 1 aliphatic rings. The fourth-order valence-corrected chi connectivity index (χ4v) is 4.43. The van der Waals surface area contributed by atoms with Gasteiger partial charge in [0.1, 0.15) is 11.6 Å². The third-order valence-electron chi connectivity index (χ3n) is 5.86. The van der Waals surface area contributed by atoms with Gasteiger partial charge in [-0.1, -0.05) is 49.9 Å². The molecular weight excluding hydrogens is 375 g/mol. The number of hydrogen-bond acceptors (Lipinski definition) is 2. The lowest BCUT2D eigenvalue weighted by atomic mass is 9.72. The van der Waals surface area contributed by atoms with Gasteiger partial charge in [0.05, 0.1) is 5.57 Å². The van der Waals surface area contributed by atoms with Crippen LogP contribution in [0.25, 0.3) is 16.7 Å². The first-order valence-electron chi connectivity index (χ1n) is 9.74. The third-order valence-corrected chi connectivity index (χ3v) is 6.17. The Morgan fingerprint density at radius 3 is 2.29 bits per heavy atom. The maximum absolute atomic E-state index is 13.2. The fourth-order valence-electron chi connectivity index (χ4n) is 4.16. The first-order chi connectivity index (χ1) is 13.2. The molecule has 0 aliphatic heterocycles. The van der Waals surface area contributed by atoms with E-state index in [1.54, 1.807) is 18.2 Å². The molecule has 2 aromatic rings. The number of halogens is 2. The van der Waals surface area contributed by atoms with Gasteiger partial charge < -0.3 is 5.11 Å². The van der Waals surface area contributed by atoms with Gasteiger partial charge in [-0.3, -0.25) is 4.79 Å². The minimum absolute atomic E-state index is 0.169. The lowest BCUT2D eigenvalue weighted by Crippen LogP contribution is -2.25. The molecule has 0 atom stereocenters. The quantitative estimate of drug-likeness (QED) is 0.432. The first-order valence-corrected chi connectivity index (χ1v) is 10.1. The Labute approximate surface area is 171 Å². The van der Waals surface area contributed by atoms with Gasteiger partial charge in [0.15, 0.2) is 5.78 Å². The SMILES string of the molecule is CC(=O)/C(=C(/O)C1(C)CCCCC1)c1cc(Cl)c(-c2ccc(F)cc2)cc1C. The lowest BCUT2D eigenvalue weighted by molar-refractivity contribution is -0.112. The molecule has 0 spiro atoms. The van der Waals surface area contributed by atoms with Crippen LogP contribution in [0, 0.1) is 18.2 Å². The van der Waals surface area contributed by atoms with Crippen molar-refractivity contribution in [2.45, 2.75) is 52.9 Å². The van der Waals surface area contributed by atoms with Crippen LogP contribution >= 0.6 is 11.6 Å². The minimum Gasteiger partial charge on any atom is -0.511 e. The van der Waals surface area contributed by atoms with Crippen LogP contribution in [-0.4, -0.2) is 10.9 Å². The molecule has 1 N–H and O–H groups in total. The second-order valence-corrected chi connectivity index (χ2v) is 8.46. The maximum atomic E-state index is 13.2. The highest BCUT2D eigenvalue weighted by atomic mass is 35.5. The molecule has 4 heteroatoms. The Bertz CT molecular complexity index is 922. The number of carbonyl (C=O) groups excluding carboxylic acids is 1. The van der Waals surface area contributed by atoms with Crippen LogP contribution in [0.1, 0.15) is 57.1 Å². The van der Waals surface area contributed by atoms with E-state index in [9.17, 15) is 14.3 Å². The average molecular weight is 401 g/mol. The van der Waals surface area contributed by atoms with Crippen molar-refractivity contribution in [3.8, 4) is 11.1 Å². The van der Waals surface area contributed by atoms with Gasteiger partial charge in [-0.15, -0.1) is 0 Å². The molecule has 3 rings (SSSR count). The molecule has 2 nitrogen and oxygen atoms in total. The highest BCUT2D eigenvalue weighted by Gasteiger charge is 2.35. The van der Waals surface area contributed by atoms with E-state index in [1.807, 2.05) is 19.9 Å². The zero-order valence-corrected chi connectivity index (χ0v) is 17.4. The number of ketones is 1. The predicted octanol–water partition coefficient (Wildman–Crippen LogP) is 7.28. The number of aliphatic hydroxyl groups excluding tert-OH is 1. The van der Waals surface area contributed by atoms with Gasteiger partial charge in [0.2, 0.25) is 0 Å². The van der Waals surface area contributed by atoms with Crippen LogP contribution in [0.4, 0.5) is 4.39 Å². The van der Waals surface area contributed by atoms with Crippen LogP contribution in [0.5, 0.6) is 0 Å². The minimum atomic E-state index is -0.381. The van der Waals surface area contributed by atoms with Crippen molar-refractivity contribution >= 4 is 23.0 Å². The molecule has 0 amide bonds. The Balaban J connectivity index is 2.12. The predicted molar refractivity (Wildman–Crippen MR) is 113 cm³/mol. The van der Waals surface area contributed by atoms with Crippen molar-refractivity contribution < 1.29 is 14.3 Å². The molecule has 0 radical (unpaired) electrons. The molecule has 0 unspecified atom stereocenters. The largest absolute Gasteiger partial charge is 0.511 e. The smallest absolute Gasteiger partial charge is 0.163 e. The monoisotopic (exact) mass is 400 g/mol. The van der Waals surface area contributed by atoms with Gasteiger partial charge in [-0.2, -0.15) is 0 Å². The zero-order valence-electron chi connectivity index (χ0n) is 16.6.